The van der Waals surface area contributed by atoms with Crippen LogP contribution in [-0.2, 0) is 0 Å². The number of nitrogens with zero attached hydrogens (tertiary/aromatic N) is 6. The summed E-state index contributed by atoms with van der Waals surface area (Å²) in [6.07, 6.45) is 1.08. The van der Waals surface area contributed by atoms with Gasteiger partial charge in [0.05, 0.1) is 5.56 Å². The summed E-state index contributed by atoms with van der Waals surface area (Å²) in [6, 6.07) is 9.88. The van der Waals surface area contributed by atoms with E-state index in [1.165, 1.54) is 18.5 Å². The maximum absolute atomic E-state index is 13.3. The number of fused-ring (bicyclic) bond motifs is 1. The highest BCUT2D eigenvalue weighted by atomic mass is 32.1. The number of rotatable bonds is 5. The molecule has 4 heterocycles. The molecule has 0 bridgehead atoms. The first-order valence-corrected chi connectivity index (χ1v) is 9.70. The molecule has 144 valence electrons. The van der Waals surface area contributed by atoms with Gasteiger partial charge in [-0.2, -0.15) is 21.0 Å². The second-order valence-electron chi connectivity index (χ2n) is 6.29. The van der Waals surface area contributed by atoms with Crippen molar-refractivity contribution in [1.82, 2.24) is 35.0 Å². The Balaban J connectivity index is 1.64. The van der Waals surface area contributed by atoms with E-state index in [1.54, 1.807) is 28.0 Å². The van der Waals surface area contributed by atoms with Crippen molar-refractivity contribution in [3.63, 3.8) is 0 Å². The van der Waals surface area contributed by atoms with E-state index in [0.29, 0.717) is 28.7 Å². The van der Waals surface area contributed by atoms with Crippen LogP contribution in [0.5, 0.6) is 5.88 Å². The number of aromatic amines is 1. The van der Waals surface area contributed by atoms with E-state index >= 15 is 0 Å². The topological polar surface area (TPSA) is 93.9 Å². The quantitative estimate of drug-likeness (QED) is 0.475. The first kappa shape index (κ1) is 17.4. The van der Waals surface area contributed by atoms with Crippen LogP contribution < -0.4 is 4.74 Å². The second-order valence-corrected chi connectivity index (χ2v) is 7.07. The third-order valence-electron chi connectivity index (χ3n) is 4.38. The second kappa shape index (κ2) is 7.06. The fourth-order valence-electron chi connectivity index (χ4n) is 2.94. The first-order chi connectivity index (χ1) is 14.2. The van der Waals surface area contributed by atoms with Crippen molar-refractivity contribution in [3.05, 3.63) is 65.1 Å². The van der Waals surface area contributed by atoms with Gasteiger partial charge in [0.15, 0.2) is 23.4 Å². The Morgan fingerprint density at radius 3 is 2.72 bits per heavy atom. The summed E-state index contributed by atoms with van der Waals surface area (Å²) in [6.45, 7) is 1.85. The summed E-state index contributed by atoms with van der Waals surface area (Å²) in [5.74, 6) is 1.09. The number of ether oxygens (including phenoxy) is 1. The molecule has 0 saturated carbocycles. The molecule has 5 aromatic rings. The molecule has 29 heavy (non-hydrogen) atoms. The maximum atomic E-state index is 13.3. The standard InChI is InChI=1S/C19H14FN7OS/c1-11(17-21-10-22-24-17)28-19-15(13-6-7-29-9-13)8-16-23-25-18(27(16)26-19)12-2-4-14(20)5-3-12/h2-11H,1H3,(H,21,22,24). The van der Waals surface area contributed by atoms with Gasteiger partial charge in [-0.15, -0.1) is 15.3 Å². The van der Waals surface area contributed by atoms with Gasteiger partial charge in [-0.1, -0.05) is 0 Å². The summed E-state index contributed by atoms with van der Waals surface area (Å²) in [5.41, 5.74) is 3.01. The third kappa shape index (κ3) is 3.23. The van der Waals surface area contributed by atoms with Gasteiger partial charge < -0.3 is 4.74 Å². The van der Waals surface area contributed by atoms with E-state index in [2.05, 4.69) is 30.5 Å². The lowest BCUT2D eigenvalue weighted by Crippen LogP contribution is -2.09. The van der Waals surface area contributed by atoms with E-state index in [9.17, 15) is 4.39 Å². The Morgan fingerprint density at radius 1 is 1.14 bits per heavy atom. The van der Waals surface area contributed by atoms with Crippen LogP contribution in [0, 0.1) is 5.82 Å². The zero-order valence-electron chi connectivity index (χ0n) is 15.2. The number of H-pyrrole nitrogens is 1. The van der Waals surface area contributed by atoms with Crippen molar-refractivity contribution >= 4 is 17.0 Å². The van der Waals surface area contributed by atoms with Gasteiger partial charge in [0.25, 0.3) is 0 Å². The zero-order chi connectivity index (χ0) is 19.8. The molecule has 0 amide bonds. The van der Waals surface area contributed by atoms with E-state index < -0.39 is 6.10 Å². The fraction of sp³-hybridized carbons (Fsp3) is 0.105. The minimum absolute atomic E-state index is 0.320. The molecule has 1 aromatic carbocycles. The Kier molecular flexibility index (Phi) is 4.24. The molecule has 8 nitrogen and oxygen atoms in total. The van der Waals surface area contributed by atoms with Gasteiger partial charge in [0.1, 0.15) is 12.1 Å². The molecule has 0 fully saturated rings. The lowest BCUT2D eigenvalue weighted by atomic mass is 10.1. The predicted molar refractivity (Wildman–Crippen MR) is 105 cm³/mol. The van der Waals surface area contributed by atoms with Crippen LogP contribution in [0.25, 0.3) is 28.2 Å². The van der Waals surface area contributed by atoms with Crippen molar-refractivity contribution in [1.29, 1.82) is 0 Å². The van der Waals surface area contributed by atoms with Crippen molar-refractivity contribution < 1.29 is 9.13 Å². The molecule has 1 N–H and O–H groups in total. The van der Waals surface area contributed by atoms with E-state index in [4.69, 9.17) is 4.74 Å². The molecule has 0 spiro atoms. The van der Waals surface area contributed by atoms with Crippen LogP contribution in [0.2, 0.25) is 0 Å². The summed E-state index contributed by atoms with van der Waals surface area (Å²) >= 11 is 1.58. The average Bonchev–Trinajstić information content (AvgIpc) is 3.49. The summed E-state index contributed by atoms with van der Waals surface area (Å²) < 4.78 is 21.0. The molecule has 1 unspecified atom stereocenters. The number of benzene rings is 1. The van der Waals surface area contributed by atoms with Gasteiger partial charge in [-0.05, 0) is 59.6 Å². The number of thiophene rings is 1. The van der Waals surface area contributed by atoms with Gasteiger partial charge in [0.2, 0.25) is 5.88 Å². The lowest BCUT2D eigenvalue weighted by molar-refractivity contribution is 0.206. The highest BCUT2D eigenvalue weighted by Gasteiger charge is 2.20. The van der Waals surface area contributed by atoms with Gasteiger partial charge in [-0.25, -0.2) is 9.37 Å². The Bertz CT molecular complexity index is 1250. The van der Waals surface area contributed by atoms with Crippen LogP contribution in [0.4, 0.5) is 4.39 Å². The molecule has 10 heteroatoms. The molecular formula is C19H14FN7OS. The van der Waals surface area contributed by atoms with Crippen LogP contribution in [-0.4, -0.2) is 35.0 Å². The van der Waals surface area contributed by atoms with E-state index in [-0.39, 0.29) is 5.82 Å². The predicted octanol–water partition coefficient (Wildman–Crippen LogP) is 3.92. The van der Waals surface area contributed by atoms with E-state index in [1.807, 2.05) is 29.8 Å². The van der Waals surface area contributed by atoms with Gasteiger partial charge in [-0.3, -0.25) is 5.10 Å². The minimum atomic E-state index is -0.422. The van der Waals surface area contributed by atoms with Gasteiger partial charge in [0, 0.05) is 5.56 Å². The molecule has 0 aliphatic heterocycles. The van der Waals surface area contributed by atoms with Gasteiger partial charge >= 0.3 is 0 Å². The number of hydrogen-bond donors (Lipinski definition) is 1. The van der Waals surface area contributed by atoms with Crippen molar-refractivity contribution in [2.45, 2.75) is 13.0 Å². The molecule has 0 radical (unpaired) electrons. The number of halogens is 1. The first-order valence-electron chi connectivity index (χ1n) is 8.76. The number of nitrogens with one attached hydrogen (secondary N) is 1. The molecular weight excluding hydrogens is 393 g/mol. The Labute approximate surface area is 168 Å². The largest absolute Gasteiger partial charge is 0.465 e. The normalized spacial score (nSPS) is 12.3. The summed E-state index contributed by atoms with van der Waals surface area (Å²) in [4.78, 5) is 4.15. The molecule has 0 saturated heterocycles. The van der Waals surface area contributed by atoms with Crippen LogP contribution in [0.3, 0.4) is 0 Å². The third-order valence-corrected chi connectivity index (χ3v) is 5.06. The molecule has 5 rings (SSSR count). The minimum Gasteiger partial charge on any atom is -0.465 e. The monoisotopic (exact) mass is 407 g/mol. The summed E-state index contributed by atoms with van der Waals surface area (Å²) in [5, 5.41) is 23.9. The Hall–Kier alpha value is -3.66. The molecule has 4 aromatic heterocycles. The SMILES string of the molecule is CC(Oc1nn2c(-c3ccc(F)cc3)nnc2cc1-c1ccsc1)c1nc[nH]n1. The van der Waals surface area contributed by atoms with E-state index in [0.717, 1.165) is 11.1 Å². The highest BCUT2D eigenvalue weighted by molar-refractivity contribution is 7.08. The number of aromatic nitrogens is 7. The molecule has 1 atom stereocenters. The Morgan fingerprint density at radius 2 is 2.00 bits per heavy atom. The lowest BCUT2D eigenvalue weighted by Gasteiger charge is -2.14. The highest BCUT2D eigenvalue weighted by Crippen LogP contribution is 2.33. The molecule has 0 aliphatic carbocycles. The van der Waals surface area contributed by atoms with Crippen LogP contribution in [0.1, 0.15) is 18.9 Å². The molecule has 0 aliphatic rings. The number of hydrogen-bond acceptors (Lipinski definition) is 7. The van der Waals surface area contributed by atoms with Crippen molar-refractivity contribution in [2.75, 3.05) is 0 Å². The summed E-state index contributed by atoms with van der Waals surface area (Å²) in [7, 11) is 0. The maximum Gasteiger partial charge on any atom is 0.240 e. The fourth-order valence-corrected chi connectivity index (χ4v) is 3.60. The van der Waals surface area contributed by atoms with Crippen LogP contribution >= 0.6 is 11.3 Å². The average molecular weight is 407 g/mol. The van der Waals surface area contributed by atoms with Crippen LogP contribution in [0.15, 0.2) is 53.5 Å². The van der Waals surface area contributed by atoms with Crippen molar-refractivity contribution in [3.8, 4) is 28.4 Å². The van der Waals surface area contributed by atoms with Crippen molar-refractivity contribution in [2.24, 2.45) is 0 Å². The zero-order valence-corrected chi connectivity index (χ0v) is 16.0. The smallest absolute Gasteiger partial charge is 0.240 e.